The van der Waals surface area contributed by atoms with Gasteiger partial charge in [0.05, 0.1) is 19.8 Å². The van der Waals surface area contributed by atoms with Crippen molar-refractivity contribution in [1.29, 1.82) is 0 Å². The van der Waals surface area contributed by atoms with Crippen molar-refractivity contribution in [3.63, 3.8) is 0 Å². The SMILES string of the molecule is CCOC(=O)C(C(=O)OCC)N1CC(C)(NC(=O)C(=NOC)c2csc(N)n2)C1=O. The average molecular weight is 441 g/mol. The van der Waals surface area contributed by atoms with Crippen LogP contribution in [0.4, 0.5) is 5.13 Å². The van der Waals surface area contributed by atoms with Gasteiger partial charge in [0.15, 0.2) is 10.8 Å². The number of nitrogens with zero attached hydrogens (tertiary/aromatic N) is 3. The van der Waals surface area contributed by atoms with Crippen molar-refractivity contribution in [2.45, 2.75) is 32.4 Å². The molecule has 0 spiro atoms. The molecule has 30 heavy (non-hydrogen) atoms. The van der Waals surface area contributed by atoms with Crippen molar-refractivity contribution >= 4 is 45.9 Å². The summed E-state index contributed by atoms with van der Waals surface area (Å²) in [6, 6.07) is -1.55. The fraction of sp³-hybridized carbons (Fsp3) is 0.529. The van der Waals surface area contributed by atoms with Gasteiger partial charge in [0.1, 0.15) is 18.3 Å². The summed E-state index contributed by atoms with van der Waals surface area (Å²) >= 11 is 1.11. The van der Waals surface area contributed by atoms with E-state index in [0.29, 0.717) is 0 Å². The number of carbonyl (C=O) groups is 4. The maximum Gasteiger partial charge on any atom is 0.340 e. The first kappa shape index (κ1) is 23.1. The molecule has 12 nitrogen and oxygen atoms in total. The van der Waals surface area contributed by atoms with E-state index < -0.39 is 35.3 Å². The van der Waals surface area contributed by atoms with Crippen LogP contribution >= 0.6 is 11.3 Å². The molecule has 1 aliphatic heterocycles. The highest BCUT2D eigenvalue weighted by atomic mass is 32.1. The summed E-state index contributed by atoms with van der Waals surface area (Å²) < 4.78 is 9.76. The number of ether oxygens (including phenoxy) is 2. The number of amides is 2. The molecule has 0 saturated carbocycles. The number of likely N-dealkylation sites (tertiary alicyclic amines) is 1. The number of thiazole rings is 1. The minimum Gasteiger partial charge on any atom is -0.464 e. The van der Waals surface area contributed by atoms with E-state index in [1.54, 1.807) is 13.8 Å². The Hall–Kier alpha value is -3.22. The fourth-order valence-electron chi connectivity index (χ4n) is 2.80. The molecule has 0 aromatic carbocycles. The number of nitrogen functional groups attached to an aromatic ring is 1. The molecule has 1 atom stereocenters. The summed E-state index contributed by atoms with van der Waals surface area (Å²) in [6.45, 7) is 4.53. The summed E-state index contributed by atoms with van der Waals surface area (Å²) in [6.07, 6.45) is 0. The van der Waals surface area contributed by atoms with Crippen LogP contribution in [-0.2, 0) is 33.5 Å². The third-order valence-corrected chi connectivity index (χ3v) is 4.78. The molecule has 1 aromatic rings. The zero-order chi connectivity index (χ0) is 22.5. The molecule has 0 aliphatic carbocycles. The summed E-state index contributed by atoms with van der Waals surface area (Å²) in [5.74, 6) is -3.20. The van der Waals surface area contributed by atoms with E-state index >= 15 is 0 Å². The lowest BCUT2D eigenvalue weighted by Gasteiger charge is -2.48. The van der Waals surface area contributed by atoms with Crippen LogP contribution in [0.5, 0.6) is 0 Å². The van der Waals surface area contributed by atoms with E-state index in [1.165, 1.54) is 19.4 Å². The van der Waals surface area contributed by atoms with Gasteiger partial charge in [0.25, 0.3) is 11.8 Å². The van der Waals surface area contributed by atoms with Gasteiger partial charge in [-0.15, -0.1) is 11.3 Å². The molecule has 1 fully saturated rings. The number of hydrogen-bond acceptors (Lipinski definition) is 11. The Labute approximate surface area is 176 Å². The van der Waals surface area contributed by atoms with Gasteiger partial charge in [-0.1, -0.05) is 5.16 Å². The molecule has 1 aromatic heterocycles. The van der Waals surface area contributed by atoms with Crippen molar-refractivity contribution < 1.29 is 33.5 Å². The molecule has 1 aliphatic rings. The quantitative estimate of drug-likeness (QED) is 0.166. The van der Waals surface area contributed by atoms with Crippen LogP contribution in [0.3, 0.4) is 0 Å². The summed E-state index contributed by atoms with van der Waals surface area (Å²) in [5.41, 5.74) is 4.21. The molecule has 0 bridgehead atoms. The van der Waals surface area contributed by atoms with Crippen molar-refractivity contribution in [1.82, 2.24) is 15.2 Å². The van der Waals surface area contributed by atoms with Crippen molar-refractivity contribution in [3.05, 3.63) is 11.1 Å². The lowest BCUT2D eigenvalue weighted by molar-refractivity contribution is -0.177. The molecular weight excluding hydrogens is 418 g/mol. The van der Waals surface area contributed by atoms with E-state index in [4.69, 9.17) is 20.0 Å². The predicted octanol–water partition coefficient (Wildman–Crippen LogP) is -0.712. The number of anilines is 1. The highest BCUT2D eigenvalue weighted by molar-refractivity contribution is 7.13. The Morgan fingerprint density at radius 3 is 2.37 bits per heavy atom. The third-order valence-electron chi connectivity index (χ3n) is 4.10. The van der Waals surface area contributed by atoms with E-state index in [0.717, 1.165) is 16.2 Å². The first-order valence-electron chi connectivity index (χ1n) is 8.97. The van der Waals surface area contributed by atoms with Crippen LogP contribution in [0.25, 0.3) is 0 Å². The summed E-state index contributed by atoms with van der Waals surface area (Å²) in [7, 11) is 1.25. The smallest absolute Gasteiger partial charge is 0.340 e. The molecule has 2 rings (SSSR count). The highest BCUT2D eigenvalue weighted by Gasteiger charge is 2.56. The number of β-lactam (4-membered cyclic amide) rings is 1. The fourth-order valence-corrected chi connectivity index (χ4v) is 3.35. The monoisotopic (exact) mass is 441 g/mol. The van der Waals surface area contributed by atoms with Gasteiger partial charge in [0.2, 0.25) is 6.04 Å². The molecule has 3 N–H and O–H groups in total. The summed E-state index contributed by atoms with van der Waals surface area (Å²) in [4.78, 5) is 59.5. The molecular formula is C17H23N5O7S. The third kappa shape index (κ3) is 4.67. The number of nitrogens with two attached hydrogens (primary N) is 1. The number of hydrogen-bond donors (Lipinski definition) is 2. The molecule has 1 saturated heterocycles. The van der Waals surface area contributed by atoms with Crippen LogP contribution in [0.2, 0.25) is 0 Å². The molecule has 2 heterocycles. The molecule has 1 unspecified atom stereocenters. The maximum absolute atomic E-state index is 12.8. The zero-order valence-corrected chi connectivity index (χ0v) is 17.8. The van der Waals surface area contributed by atoms with Gasteiger partial charge in [-0.25, -0.2) is 14.6 Å². The van der Waals surface area contributed by atoms with Crippen LogP contribution in [0.15, 0.2) is 10.5 Å². The topological polar surface area (TPSA) is 163 Å². The molecule has 2 amide bonds. The van der Waals surface area contributed by atoms with E-state index in [9.17, 15) is 19.2 Å². The van der Waals surface area contributed by atoms with Crippen molar-refractivity contribution in [2.75, 3.05) is 32.6 Å². The highest BCUT2D eigenvalue weighted by Crippen LogP contribution is 2.26. The standard InChI is InChI=1S/C17H23N5O7S/c1-5-28-13(24)11(14(25)29-6-2)22-8-17(3,15(22)26)20-12(23)10(21-27-4)9-7-30-16(18)19-9/h7,11H,5-6,8H2,1-4H3,(H2,18,19)(H,20,23). The Bertz CT molecular complexity index is 852. The maximum atomic E-state index is 12.8. The minimum absolute atomic E-state index is 0.0262. The van der Waals surface area contributed by atoms with Crippen LogP contribution in [-0.4, -0.2) is 77.8 Å². The Balaban J connectivity index is 2.17. The van der Waals surface area contributed by atoms with Crippen LogP contribution in [0.1, 0.15) is 26.5 Å². The number of carbonyl (C=O) groups excluding carboxylic acids is 4. The second-order valence-electron chi connectivity index (χ2n) is 6.32. The average Bonchev–Trinajstić information content (AvgIpc) is 3.11. The van der Waals surface area contributed by atoms with Gasteiger partial charge in [-0.3, -0.25) is 9.59 Å². The van der Waals surface area contributed by atoms with Crippen molar-refractivity contribution in [3.8, 4) is 0 Å². The van der Waals surface area contributed by atoms with E-state index in [2.05, 4.69) is 15.5 Å². The second-order valence-corrected chi connectivity index (χ2v) is 7.21. The summed E-state index contributed by atoms with van der Waals surface area (Å²) in [5, 5.41) is 7.94. The lowest BCUT2D eigenvalue weighted by Crippen LogP contribution is -2.76. The second kappa shape index (κ2) is 9.52. The normalized spacial score (nSPS) is 18.6. The van der Waals surface area contributed by atoms with Gasteiger partial charge in [-0.05, 0) is 20.8 Å². The number of esters is 2. The van der Waals surface area contributed by atoms with E-state index in [-0.39, 0.29) is 36.3 Å². The lowest BCUT2D eigenvalue weighted by atomic mass is 9.88. The van der Waals surface area contributed by atoms with Crippen LogP contribution in [0, 0.1) is 0 Å². The largest absolute Gasteiger partial charge is 0.464 e. The Kier molecular flexibility index (Phi) is 7.32. The molecule has 164 valence electrons. The first-order chi connectivity index (χ1) is 14.2. The van der Waals surface area contributed by atoms with Gasteiger partial charge in [-0.2, -0.15) is 0 Å². The first-order valence-corrected chi connectivity index (χ1v) is 9.85. The van der Waals surface area contributed by atoms with Crippen molar-refractivity contribution in [2.24, 2.45) is 5.16 Å². The number of nitrogens with one attached hydrogen (secondary N) is 1. The van der Waals surface area contributed by atoms with Gasteiger partial charge >= 0.3 is 11.9 Å². The number of aromatic nitrogens is 1. The van der Waals surface area contributed by atoms with Crippen LogP contribution < -0.4 is 11.1 Å². The zero-order valence-electron chi connectivity index (χ0n) is 17.0. The number of oxime groups is 1. The molecule has 13 heteroatoms. The van der Waals surface area contributed by atoms with E-state index in [1.807, 2.05) is 0 Å². The number of rotatable bonds is 9. The Morgan fingerprint density at radius 2 is 1.93 bits per heavy atom. The van der Waals surface area contributed by atoms with Gasteiger partial charge in [0, 0.05) is 5.38 Å². The predicted molar refractivity (Wildman–Crippen MR) is 105 cm³/mol. The Morgan fingerprint density at radius 1 is 1.33 bits per heavy atom. The minimum atomic E-state index is -1.55. The van der Waals surface area contributed by atoms with Gasteiger partial charge < -0.3 is 30.3 Å². The molecule has 0 radical (unpaired) electrons.